The van der Waals surface area contributed by atoms with E-state index >= 15 is 0 Å². The Kier molecular flexibility index (Phi) is 6.24. The molecule has 34 heavy (non-hydrogen) atoms. The van der Waals surface area contributed by atoms with Gasteiger partial charge in [0.15, 0.2) is 6.10 Å². The summed E-state index contributed by atoms with van der Waals surface area (Å²) in [4.78, 5) is 37.9. The molecule has 5 rings (SSSR count). The van der Waals surface area contributed by atoms with Crippen molar-refractivity contribution in [2.45, 2.75) is 37.3 Å². The van der Waals surface area contributed by atoms with Crippen molar-refractivity contribution in [2.75, 3.05) is 26.3 Å². The van der Waals surface area contributed by atoms with Gasteiger partial charge in [0.05, 0.1) is 6.04 Å². The van der Waals surface area contributed by atoms with Crippen molar-refractivity contribution in [3.8, 4) is 11.1 Å². The summed E-state index contributed by atoms with van der Waals surface area (Å²) >= 11 is 0. The van der Waals surface area contributed by atoms with Crippen LogP contribution >= 0.6 is 0 Å². The van der Waals surface area contributed by atoms with Crippen molar-refractivity contribution in [3.05, 3.63) is 59.7 Å². The summed E-state index contributed by atoms with van der Waals surface area (Å²) in [6, 6.07) is 15.9. The zero-order chi connectivity index (χ0) is 23.7. The highest BCUT2D eigenvalue weighted by atomic mass is 16.6. The third kappa shape index (κ3) is 4.37. The Morgan fingerprint density at radius 3 is 2.32 bits per heavy atom. The van der Waals surface area contributed by atoms with Crippen LogP contribution in [0.1, 0.15) is 36.3 Å². The molecule has 8 nitrogen and oxygen atoms in total. The number of carboxylic acid groups (broad SMARTS) is 1. The number of fused-ring (bicyclic) bond motifs is 3. The summed E-state index contributed by atoms with van der Waals surface area (Å²) in [5, 5.41) is 11.6. The van der Waals surface area contributed by atoms with Gasteiger partial charge in [-0.2, -0.15) is 0 Å². The molecule has 0 radical (unpaired) electrons. The highest BCUT2D eigenvalue weighted by Gasteiger charge is 2.42. The van der Waals surface area contributed by atoms with E-state index in [2.05, 4.69) is 29.6 Å². The standard InChI is InChI=1S/C26H28N2O6/c29-23(30)10-9-16-13-28(14-16)25(31)24-22(11-12-33-24)27-26(32)34-15-21-19-7-3-1-5-17(19)18-6-2-4-8-20(18)21/h1-8,16,21-22,24H,9-15H2,(H,27,32)(H,29,30)/t22-,24+/m1/s1. The molecule has 0 unspecified atom stereocenters. The zero-order valence-corrected chi connectivity index (χ0v) is 18.8. The van der Waals surface area contributed by atoms with Gasteiger partial charge in [0.25, 0.3) is 5.91 Å². The number of nitrogens with one attached hydrogen (secondary N) is 1. The number of aliphatic carboxylic acids is 1. The van der Waals surface area contributed by atoms with E-state index in [1.165, 1.54) is 0 Å². The van der Waals surface area contributed by atoms with Crippen molar-refractivity contribution >= 4 is 18.0 Å². The minimum atomic E-state index is -0.823. The second-order valence-electron chi connectivity index (χ2n) is 9.20. The number of likely N-dealkylation sites (tertiary alicyclic amines) is 1. The molecule has 2 saturated heterocycles. The minimum Gasteiger partial charge on any atom is -0.481 e. The van der Waals surface area contributed by atoms with Gasteiger partial charge in [-0.25, -0.2) is 4.79 Å². The predicted molar refractivity (Wildman–Crippen MR) is 123 cm³/mol. The van der Waals surface area contributed by atoms with Crippen LogP contribution in [-0.4, -0.2) is 66.4 Å². The highest BCUT2D eigenvalue weighted by molar-refractivity contribution is 5.84. The lowest BCUT2D eigenvalue weighted by Gasteiger charge is -2.41. The third-order valence-electron chi connectivity index (χ3n) is 7.02. The Hall–Kier alpha value is -3.39. The first-order valence-corrected chi connectivity index (χ1v) is 11.7. The van der Waals surface area contributed by atoms with Crippen LogP contribution in [0.25, 0.3) is 11.1 Å². The second-order valence-corrected chi connectivity index (χ2v) is 9.20. The van der Waals surface area contributed by atoms with E-state index in [0.717, 1.165) is 22.3 Å². The van der Waals surface area contributed by atoms with E-state index in [4.69, 9.17) is 14.6 Å². The van der Waals surface area contributed by atoms with Gasteiger partial charge in [-0.05, 0) is 41.0 Å². The molecule has 0 spiro atoms. The molecule has 178 valence electrons. The molecule has 2 amide bonds. The maximum atomic E-state index is 12.8. The Morgan fingerprint density at radius 2 is 1.68 bits per heavy atom. The van der Waals surface area contributed by atoms with Crippen LogP contribution in [0, 0.1) is 5.92 Å². The van der Waals surface area contributed by atoms with Crippen molar-refractivity contribution in [1.29, 1.82) is 0 Å². The van der Waals surface area contributed by atoms with Gasteiger partial charge in [-0.15, -0.1) is 0 Å². The van der Waals surface area contributed by atoms with Gasteiger partial charge in [-0.3, -0.25) is 9.59 Å². The molecule has 0 aromatic heterocycles. The first-order valence-electron chi connectivity index (χ1n) is 11.7. The number of carboxylic acids is 1. The molecule has 2 N–H and O–H groups in total. The lowest BCUT2D eigenvalue weighted by atomic mass is 9.93. The molecular formula is C26H28N2O6. The van der Waals surface area contributed by atoms with E-state index < -0.39 is 24.2 Å². The number of ether oxygens (including phenoxy) is 2. The van der Waals surface area contributed by atoms with Gasteiger partial charge < -0.3 is 24.8 Å². The van der Waals surface area contributed by atoms with E-state index in [9.17, 15) is 14.4 Å². The monoisotopic (exact) mass is 464 g/mol. The molecule has 2 atom stereocenters. The number of carbonyl (C=O) groups is 3. The first-order chi connectivity index (χ1) is 16.5. The number of alkyl carbamates (subject to hydrolysis) is 1. The Labute approximate surface area is 197 Å². The Morgan fingerprint density at radius 1 is 1.03 bits per heavy atom. The largest absolute Gasteiger partial charge is 0.481 e. The number of benzene rings is 2. The molecule has 8 heteroatoms. The number of nitrogens with zero attached hydrogens (tertiary/aromatic N) is 1. The maximum Gasteiger partial charge on any atom is 0.407 e. The van der Waals surface area contributed by atoms with Gasteiger partial charge in [-0.1, -0.05) is 48.5 Å². The van der Waals surface area contributed by atoms with Crippen LogP contribution in [0.5, 0.6) is 0 Å². The Balaban J connectivity index is 1.15. The van der Waals surface area contributed by atoms with Crippen LogP contribution in [0.4, 0.5) is 4.79 Å². The smallest absolute Gasteiger partial charge is 0.407 e. The van der Waals surface area contributed by atoms with E-state index in [0.29, 0.717) is 32.5 Å². The van der Waals surface area contributed by atoms with Crippen LogP contribution in [0.3, 0.4) is 0 Å². The molecule has 0 saturated carbocycles. The normalized spacial score (nSPS) is 21.5. The number of amides is 2. The lowest BCUT2D eigenvalue weighted by molar-refractivity contribution is -0.148. The van der Waals surface area contributed by atoms with E-state index in [-0.39, 0.29) is 30.8 Å². The summed E-state index contributed by atoms with van der Waals surface area (Å²) in [5.74, 6) is -0.807. The number of carbonyl (C=O) groups excluding carboxylic acids is 2. The predicted octanol–water partition coefficient (Wildman–Crippen LogP) is 3.01. The van der Waals surface area contributed by atoms with Gasteiger partial charge in [0.2, 0.25) is 0 Å². The first kappa shape index (κ1) is 22.4. The van der Waals surface area contributed by atoms with Crippen LogP contribution < -0.4 is 5.32 Å². The summed E-state index contributed by atoms with van der Waals surface area (Å²) in [7, 11) is 0. The van der Waals surface area contributed by atoms with Crippen molar-refractivity contribution < 1.29 is 29.0 Å². The fourth-order valence-corrected chi connectivity index (χ4v) is 5.21. The molecule has 2 heterocycles. The fraction of sp³-hybridized carbons (Fsp3) is 0.423. The van der Waals surface area contributed by atoms with Gasteiger partial charge in [0, 0.05) is 32.0 Å². The second kappa shape index (κ2) is 9.46. The topological polar surface area (TPSA) is 105 Å². The number of hydrogen-bond donors (Lipinski definition) is 2. The van der Waals surface area contributed by atoms with Gasteiger partial charge >= 0.3 is 12.1 Å². The third-order valence-corrected chi connectivity index (χ3v) is 7.02. The number of hydrogen-bond acceptors (Lipinski definition) is 5. The van der Waals surface area contributed by atoms with Crippen LogP contribution in [0.15, 0.2) is 48.5 Å². The number of rotatable bonds is 7. The molecule has 0 bridgehead atoms. The Bertz CT molecular complexity index is 1050. The maximum absolute atomic E-state index is 12.8. The van der Waals surface area contributed by atoms with E-state index in [1.54, 1.807) is 4.90 Å². The quantitative estimate of drug-likeness (QED) is 0.653. The molecule has 2 aliphatic heterocycles. The minimum absolute atomic E-state index is 0.0285. The van der Waals surface area contributed by atoms with E-state index in [1.807, 2.05) is 24.3 Å². The van der Waals surface area contributed by atoms with Crippen molar-refractivity contribution in [3.63, 3.8) is 0 Å². The molecule has 1 aliphatic carbocycles. The van der Waals surface area contributed by atoms with Gasteiger partial charge in [0.1, 0.15) is 6.61 Å². The zero-order valence-electron chi connectivity index (χ0n) is 18.8. The lowest BCUT2D eigenvalue weighted by Crippen LogP contribution is -2.57. The highest BCUT2D eigenvalue weighted by Crippen LogP contribution is 2.44. The molecule has 2 fully saturated rings. The fourth-order valence-electron chi connectivity index (χ4n) is 5.21. The summed E-state index contributed by atoms with van der Waals surface area (Å²) < 4.78 is 11.2. The average Bonchev–Trinajstić information content (AvgIpc) is 3.39. The summed E-state index contributed by atoms with van der Waals surface area (Å²) in [6.45, 7) is 1.66. The van der Waals surface area contributed by atoms with Crippen LogP contribution in [-0.2, 0) is 19.1 Å². The SMILES string of the molecule is O=C(O)CCC1CN(C(=O)[C@H]2OCC[C@H]2NC(=O)OCC2c3ccccc3-c3ccccc32)C1. The molecule has 2 aromatic carbocycles. The molecule has 2 aromatic rings. The molecular weight excluding hydrogens is 436 g/mol. The summed E-state index contributed by atoms with van der Waals surface area (Å²) in [6.07, 6.45) is -0.0827. The van der Waals surface area contributed by atoms with Crippen LogP contribution in [0.2, 0.25) is 0 Å². The molecule has 3 aliphatic rings. The summed E-state index contributed by atoms with van der Waals surface area (Å²) in [5.41, 5.74) is 4.62. The van der Waals surface area contributed by atoms with Crippen molar-refractivity contribution in [1.82, 2.24) is 10.2 Å². The average molecular weight is 465 g/mol. The van der Waals surface area contributed by atoms with Crippen molar-refractivity contribution in [2.24, 2.45) is 5.92 Å².